The molecule has 3 heterocycles. The molecule has 0 N–H and O–H groups in total. The summed E-state index contributed by atoms with van der Waals surface area (Å²) in [7, 11) is 0. The van der Waals surface area contributed by atoms with Crippen LogP contribution in [0.15, 0.2) is 42.5 Å². The Balaban J connectivity index is 1.66. The Morgan fingerprint density at radius 2 is 1.93 bits per heavy atom. The van der Waals surface area contributed by atoms with Gasteiger partial charge in [-0.15, -0.1) is 0 Å². The van der Waals surface area contributed by atoms with E-state index in [9.17, 15) is 4.39 Å². The van der Waals surface area contributed by atoms with Gasteiger partial charge in [0.25, 0.3) is 0 Å². The van der Waals surface area contributed by atoms with Crippen molar-refractivity contribution in [1.29, 1.82) is 0 Å². The molecule has 1 aromatic heterocycles. The van der Waals surface area contributed by atoms with Crippen LogP contribution in [0.2, 0.25) is 0 Å². The van der Waals surface area contributed by atoms with Crippen molar-refractivity contribution in [3.8, 4) is 0 Å². The molecule has 2 aromatic carbocycles. The van der Waals surface area contributed by atoms with Crippen molar-refractivity contribution >= 4 is 22.7 Å². The first kappa shape index (κ1) is 17.7. The van der Waals surface area contributed by atoms with Crippen LogP contribution >= 0.6 is 0 Å². The van der Waals surface area contributed by atoms with Gasteiger partial charge in [0, 0.05) is 36.3 Å². The number of piperidine rings is 1. The number of fused-ring (bicyclic) bond motifs is 4. The lowest BCUT2D eigenvalue weighted by Gasteiger charge is -2.39. The van der Waals surface area contributed by atoms with Crippen molar-refractivity contribution in [3.63, 3.8) is 0 Å². The maximum absolute atomic E-state index is 13.3. The minimum absolute atomic E-state index is 0.187. The van der Waals surface area contributed by atoms with Crippen molar-refractivity contribution in [1.82, 2.24) is 9.47 Å². The Hall–Kier alpha value is -2.39. The number of allylic oxidation sites excluding steroid dienone is 1. The van der Waals surface area contributed by atoms with Crippen LogP contribution in [0.1, 0.15) is 48.6 Å². The summed E-state index contributed by atoms with van der Waals surface area (Å²) < 4.78 is 15.7. The van der Waals surface area contributed by atoms with E-state index in [1.165, 1.54) is 53.5 Å². The van der Waals surface area contributed by atoms with E-state index in [1.807, 2.05) is 12.1 Å². The number of hydrogen-bond acceptors (Lipinski definition) is 1. The average molecular weight is 375 g/mol. The highest BCUT2D eigenvalue weighted by Gasteiger charge is 2.32. The minimum Gasteiger partial charge on any atom is -0.320 e. The average Bonchev–Trinajstić information content (AvgIpc) is 2.99. The molecular formula is C25H27FN2. The second-order valence-electron chi connectivity index (χ2n) is 8.46. The molecule has 2 aliphatic heterocycles. The highest BCUT2D eigenvalue weighted by Crippen LogP contribution is 2.37. The van der Waals surface area contributed by atoms with Gasteiger partial charge in [-0.05, 0) is 74.2 Å². The van der Waals surface area contributed by atoms with Crippen LogP contribution in [-0.2, 0) is 13.0 Å². The predicted octanol–water partition coefficient (Wildman–Crippen LogP) is 6.02. The fourth-order valence-corrected chi connectivity index (χ4v) is 5.00. The highest BCUT2D eigenvalue weighted by molar-refractivity contribution is 5.90. The van der Waals surface area contributed by atoms with Crippen LogP contribution < -0.4 is 0 Å². The van der Waals surface area contributed by atoms with E-state index in [0.717, 1.165) is 24.1 Å². The molecule has 2 nitrogen and oxygen atoms in total. The summed E-state index contributed by atoms with van der Waals surface area (Å²) in [5.41, 5.74) is 7.79. The third kappa shape index (κ3) is 2.98. The van der Waals surface area contributed by atoms with Crippen molar-refractivity contribution in [2.75, 3.05) is 6.54 Å². The summed E-state index contributed by atoms with van der Waals surface area (Å²) in [6.45, 7) is 6.59. The second kappa shape index (κ2) is 6.89. The summed E-state index contributed by atoms with van der Waals surface area (Å²) in [6, 6.07) is 14.3. The molecule has 0 radical (unpaired) electrons. The topological polar surface area (TPSA) is 8.17 Å². The van der Waals surface area contributed by atoms with Crippen LogP contribution in [0, 0.1) is 12.7 Å². The van der Waals surface area contributed by atoms with Crippen molar-refractivity contribution in [2.45, 2.75) is 52.1 Å². The van der Waals surface area contributed by atoms with Gasteiger partial charge < -0.3 is 4.57 Å². The number of nitrogens with zero attached hydrogens (tertiary/aromatic N) is 2. The first-order valence-corrected chi connectivity index (χ1v) is 10.4. The van der Waals surface area contributed by atoms with Gasteiger partial charge in [0.15, 0.2) is 0 Å². The Labute approximate surface area is 166 Å². The number of halogens is 1. The van der Waals surface area contributed by atoms with E-state index in [-0.39, 0.29) is 5.82 Å². The lowest BCUT2D eigenvalue weighted by atomic mass is 9.91. The molecule has 0 aliphatic carbocycles. The van der Waals surface area contributed by atoms with Gasteiger partial charge >= 0.3 is 0 Å². The monoisotopic (exact) mass is 374 g/mol. The summed E-state index contributed by atoms with van der Waals surface area (Å²) >= 11 is 0. The molecule has 144 valence electrons. The Kier molecular flexibility index (Phi) is 4.36. The summed E-state index contributed by atoms with van der Waals surface area (Å²) in [5, 5.41) is 1.39. The van der Waals surface area contributed by atoms with Crippen LogP contribution in [0.5, 0.6) is 0 Å². The Morgan fingerprint density at radius 1 is 1.11 bits per heavy atom. The second-order valence-corrected chi connectivity index (χ2v) is 8.46. The quantitative estimate of drug-likeness (QED) is 0.533. The smallest absolute Gasteiger partial charge is 0.123 e. The fraction of sp³-hybridized carbons (Fsp3) is 0.360. The Bertz CT molecular complexity index is 1060. The summed E-state index contributed by atoms with van der Waals surface area (Å²) in [4.78, 5) is 2.69. The zero-order valence-electron chi connectivity index (χ0n) is 16.7. The van der Waals surface area contributed by atoms with E-state index in [1.54, 1.807) is 12.1 Å². The van der Waals surface area contributed by atoms with Gasteiger partial charge in [-0.3, -0.25) is 4.90 Å². The van der Waals surface area contributed by atoms with E-state index < -0.39 is 0 Å². The van der Waals surface area contributed by atoms with Gasteiger partial charge in [-0.1, -0.05) is 30.2 Å². The minimum atomic E-state index is -0.187. The van der Waals surface area contributed by atoms with Gasteiger partial charge in [0.2, 0.25) is 0 Å². The predicted molar refractivity (Wildman–Crippen MR) is 115 cm³/mol. The zero-order valence-corrected chi connectivity index (χ0v) is 16.7. The van der Waals surface area contributed by atoms with Gasteiger partial charge in [-0.2, -0.15) is 0 Å². The molecule has 0 saturated carbocycles. The third-order valence-corrected chi connectivity index (χ3v) is 6.54. The van der Waals surface area contributed by atoms with Crippen molar-refractivity contribution in [2.24, 2.45) is 0 Å². The highest BCUT2D eigenvalue weighted by atomic mass is 19.1. The molecule has 3 aromatic rings. The third-order valence-electron chi connectivity index (χ3n) is 6.54. The van der Waals surface area contributed by atoms with Crippen LogP contribution in [0.3, 0.4) is 0 Å². The maximum Gasteiger partial charge on any atom is 0.123 e. The lowest BCUT2D eigenvalue weighted by Crippen LogP contribution is -2.43. The maximum atomic E-state index is 13.3. The molecule has 1 unspecified atom stereocenters. The van der Waals surface area contributed by atoms with Crippen LogP contribution in [0.4, 0.5) is 4.39 Å². The molecule has 0 amide bonds. The Morgan fingerprint density at radius 3 is 2.75 bits per heavy atom. The molecule has 3 heteroatoms. The first-order chi connectivity index (χ1) is 13.6. The van der Waals surface area contributed by atoms with E-state index in [0.29, 0.717) is 6.04 Å². The van der Waals surface area contributed by atoms with E-state index in [4.69, 9.17) is 0 Å². The normalized spacial score (nSPS) is 20.2. The molecular weight excluding hydrogens is 347 g/mol. The van der Waals surface area contributed by atoms with Gasteiger partial charge in [0.1, 0.15) is 5.82 Å². The molecule has 1 saturated heterocycles. The molecule has 1 atom stereocenters. The van der Waals surface area contributed by atoms with Crippen LogP contribution in [-0.4, -0.2) is 22.1 Å². The largest absolute Gasteiger partial charge is 0.320 e. The molecule has 0 spiro atoms. The molecule has 5 rings (SSSR count). The lowest BCUT2D eigenvalue weighted by molar-refractivity contribution is 0.126. The fourth-order valence-electron chi connectivity index (χ4n) is 5.00. The van der Waals surface area contributed by atoms with Crippen molar-refractivity contribution < 1.29 is 4.39 Å². The van der Waals surface area contributed by atoms with Gasteiger partial charge in [-0.25, -0.2) is 4.39 Å². The van der Waals surface area contributed by atoms with Gasteiger partial charge in [0.05, 0.1) is 5.52 Å². The molecule has 1 fully saturated rings. The SMILES string of the molecule is C/C(=C/n1c2c(c3cc(C)ccc31)CN1CCCCC1C2)c1ccc(F)cc1. The summed E-state index contributed by atoms with van der Waals surface area (Å²) in [5.74, 6) is -0.187. The standard InChI is InChI=1S/C25H27FN2/c1-17-6-11-24-22(13-17)23-16-27-12-4-3-5-21(27)14-25(23)28(24)15-18(2)19-7-9-20(26)10-8-19/h6-11,13,15,21H,3-5,12,14,16H2,1-2H3/b18-15-. The molecule has 0 bridgehead atoms. The number of benzene rings is 2. The van der Waals surface area contributed by atoms with Crippen molar-refractivity contribution in [3.05, 3.63) is 70.7 Å². The number of rotatable bonds is 2. The van der Waals surface area contributed by atoms with E-state index >= 15 is 0 Å². The molecule has 2 aliphatic rings. The zero-order chi connectivity index (χ0) is 19.3. The van der Waals surface area contributed by atoms with Crippen LogP contribution in [0.25, 0.3) is 22.7 Å². The van der Waals surface area contributed by atoms with E-state index in [2.05, 4.69) is 47.7 Å². The summed E-state index contributed by atoms with van der Waals surface area (Å²) in [6.07, 6.45) is 7.35. The number of aryl methyl sites for hydroxylation is 1. The molecule has 28 heavy (non-hydrogen) atoms. The number of aromatic nitrogens is 1. The number of hydrogen-bond donors (Lipinski definition) is 0. The first-order valence-electron chi connectivity index (χ1n) is 10.4.